The van der Waals surface area contributed by atoms with Gasteiger partial charge in [-0.15, -0.1) is 0 Å². The highest BCUT2D eigenvalue weighted by Crippen LogP contribution is 2.40. The summed E-state index contributed by atoms with van der Waals surface area (Å²) in [6.07, 6.45) is 0. The Morgan fingerprint density at radius 1 is 1.16 bits per heavy atom. The summed E-state index contributed by atoms with van der Waals surface area (Å²) in [5, 5.41) is 0. The van der Waals surface area contributed by atoms with Crippen LogP contribution >= 0.6 is 0 Å². The molecule has 19 heavy (non-hydrogen) atoms. The summed E-state index contributed by atoms with van der Waals surface area (Å²) in [5.74, 6) is 1.80. The molecule has 0 atom stereocenters. The largest absolute Gasteiger partial charge is 0.486 e. The normalized spacial score (nSPS) is 17.3. The van der Waals surface area contributed by atoms with Gasteiger partial charge in [-0.3, -0.25) is 4.79 Å². The number of rotatable bonds is 0. The third kappa shape index (κ3) is 2.05. The Hall–Kier alpha value is -1.71. The van der Waals surface area contributed by atoms with Crippen molar-refractivity contribution in [3.63, 3.8) is 0 Å². The van der Waals surface area contributed by atoms with Gasteiger partial charge in [-0.2, -0.15) is 0 Å². The molecule has 0 spiro atoms. The summed E-state index contributed by atoms with van der Waals surface area (Å²) in [7, 11) is 0. The lowest BCUT2D eigenvalue weighted by molar-refractivity contribution is -0.140. The van der Waals surface area contributed by atoms with Crippen LogP contribution in [-0.4, -0.2) is 24.0 Å². The van der Waals surface area contributed by atoms with Gasteiger partial charge >= 0.3 is 0 Å². The van der Waals surface area contributed by atoms with E-state index >= 15 is 0 Å². The SMILES string of the molecule is CC(C)(C)C(=O)N1Cc2ccc3c(c2C1)OCCO3. The van der Waals surface area contributed by atoms with Crippen LogP contribution in [-0.2, 0) is 17.9 Å². The zero-order valence-corrected chi connectivity index (χ0v) is 11.7. The predicted octanol–water partition coefficient (Wildman–Crippen LogP) is 2.35. The molecular weight excluding hydrogens is 242 g/mol. The Balaban J connectivity index is 1.91. The first-order valence-corrected chi connectivity index (χ1v) is 6.66. The quantitative estimate of drug-likeness (QED) is 0.719. The van der Waals surface area contributed by atoms with E-state index < -0.39 is 0 Å². The fourth-order valence-corrected chi connectivity index (χ4v) is 2.61. The number of nitrogens with zero attached hydrogens (tertiary/aromatic N) is 1. The second-order valence-corrected chi connectivity index (χ2v) is 6.14. The summed E-state index contributed by atoms with van der Waals surface area (Å²) in [4.78, 5) is 14.2. The van der Waals surface area contributed by atoms with Crippen LogP contribution in [0.5, 0.6) is 11.5 Å². The van der Waals surface area contributed by atoms with Crippen LogP contribution in [0.4, 0.5) is 0 Å². The maximum atomic E-state index is 12.4. The van der Waals surface area contributed by atoms with E-state index in [1.807, 2.05) is 37.8 Å². The van der Waals surface area contributed by atoms with Crippen LogP contribution in [0.3, 0.4) is 0 Å². The number of hydrogen-bond acceptors (Lipinski definition) is 3. The molecule has 1 amide bonds. The fourth-order valence-electron chi connectivity index (χ4n) is 2.61. The van der Waals surface area contributed by atoms with Crippen LogP contribution in [0, 0.1) is 5.41 Å². The van der Waals surface area contributed by atoms with E-state index in [4.69, 9.17) is 9.47 Å². The van der Waals surface area contributed by atoms with Gasteiger partial charge in [0.2, 0.25) is 5.91 Å². The van der Waals surface area contributed by atoms with Crippen molar-refractivity contribution in [2.24, 2.45) is 5.41 Å². The lowest BCUT2D eigenvalue weighted by Crippen LogP contribution is -2.35. The molecule has 0 bridgehead atoms. The first-order chi connectivity index (χ1) is 8.97. The van der Waals surface area contributed by atoms with E-state index in [9.17, 15) is 4.79 Å². The topological polar surface area (TPSA) is 38.8 Å². The Labute approximate surface area is 113 Å². The molecule has 4 nitrogen and oxygen atoms in total. The van der Waals surface area contributed by atoms with Crippen LogP contribution in [0.15, 0.2) is 12.1 Å². The number of hydrogen-bond donors (Lipinski definition) is 0. The van der Waals surface area contributed by atoms with Crippen molar-refractivity contribution in [1.82, 2.24) is 4.90 Å². The predicted molar refractivity (Wildman–Crippen MR) is 71.1 cm³/mol. The molecule has 2 aliphatic heterocycles. The number of fused-ring (bicyclic) bond motifs is 3. The van der Waals surface area contributed by atoms with E-state index in [0.29, 0.717) is 26.3 Å². The zero-order chi connectivity index (χ0) is 13.6. The molecular formula is C15H19NO3. The van der Waals surface area contributed by atoms with Gasteiger partial charge in [-0.25, -0.2) is 0 Å². The van der Waals surface area contributed by atoms with Gasteiger partial charge in [0.05, 0.1) is 6.54 Å². The average Bonchev–Trinajstić information content (AvgIpc) is 2.80. The number of amides is 1. The Morgan fingerprint density at radius 3 is 2.63 bits per heavy atom. The van der Waals surface area contributed by atoms with E-state index in [1.54, 1.807) is 0 Å². The monoisotopic (exact) mass is 261 g/mol. The summed E-state index contributed by atoms with van der Waals surface area (Å²) in [6.45, 7) is 8.32. The van der Waals surface area contributed by atoms with E-state index in [1.165, 1.54) is 5.56 Å². The minimum atomic E-state index is -0.348. The maximum Gasteiger partial charge on any atom is 0.228 e. The minimum Gasteiger partial charge on any atom is -0.486 e. The Bertz CT molecular complexity index is 531. The van der Waals surface area contributed by atoms with Crippen molar-refractivity contribution >= 4 is 5.91 Å². The van der Waals surface area contributed by atoms with E-state index in [-0.39, 0.29) is 11.3 Å². The first-order valence-electron chi connectivity index (χ1n) is 6.66. The second-order valence-electron chi connectivity index (χ2n) is 6.14. The average molecular weight is 261 g/mol. The standard InChI is InChI=1S/C15H19NO3/c1-15(2,3)14(17)16-8-10-4-5-12-13(11(10)9-16)19-7-6-18-12/h4-5H,6-9H2,1-3H3. The minimum absolute atomic E-state index is 0.175. The zero-order valence-electron chi connectivity index (χ0n) is 11.7. The van der Waals surface area contributed by atoms with Crippen LogP contribution in [0.25, 0.3) is 0 Å². The molecule has 0 fully saturated rings. The molecule has 1 aromatic carbocycles. The summed E-state index contributed by atoms with van der Waals surface area (Å²) < 4.78 is 11.3. The highest BCUT2D eigenvalue weighted by Gasteiger charge is 2.34. The highest BCUT2D eigenvalue weighted by molar-refractivity contribution is 5.82. The first kappa shape index (κ1) is 12.3. The van der Waals surface area contributed by atoms with Gasteiger partial charge in [0.25, 0.3) is 0 Å². The smallest absolute Gasteiger partial charge is 0.228 e. The molecule has 0 unspecified atom stereocenters. The molecule has 1 aromatic rings. The van der Waals surface area contributed by atoms with Crippen LogP contribution in [0.1, 0.15) is 31.9 Å². The molecule has 0 aliphatic carbocycles. The third-order valence-corrected chi connectivity index (χ3v) is 3.55. The molecule has 102 valence electrons. The van der Waals surface area contributed by atoms with Crippen molar-refractivity contribution in [3.8, 4) is 11.5 Å². The fraction of sp³-hybridized carbons (Fsp3) is 0.533. The number of benzene rings is 1. The van der Waals surface area contributed by atoms with Gasteiger partial charge in [-0.1, -0.05) is 26.8 Å². The molecule has 2 heterocycles. The van der Waals surface area contributed by atoms with Crippen molar-refractivity contribution in [1.29, 1.82) is 0 Å². The molecule has 0 aromatic heterocycles. The summed E-state index contributed by atoms with van der Waals surface area (Å²) in [5.41, 5.74) is 1.93. The van der Waals surface area contributed by atoms with Gasteiger partial charge in [0.15, 0.2) is 11.5 Å². The second kappa shape index (κ2) is 4.15. The highest BCUT2D eigenvalue weighted by atomic mass is 16.6. The van der Waals surface area contributed by atoms with Gasteiger partial charge < -0.3 is 14.4 Å². The molecule has 0 radical (unpaired) electrons. The lowest BCUT2D eigenvalue weighted by Gasteiger charge is -2.25. The van der Waals surface area contributed by atoms with Gasteiger partial charge in [0, 0.05) is 17.5 Å². The summed E-state index contributed by atoms with van der Waals surface area (Å²) >= 11 is 0. The molecule has 0 saturated heterocycles. The summed E-state index contributed by atoms with van der Waals surface area (Å²) in [6, 6.07) is 3.98. The number of ether oxygens (including phenoxy) is 2. The van der Waals surface area contributed by atoms with E-state index in [2.05, 4.69) is 0 Å². The molecule has 2 aliphatic rings. The van der Waals surface area contributed by atoms with Gasteiger partial charge in [-0.05, 0) is 11.6 Å². The maximum absolute atomic E-state index is 12.4. The Morgan fingerprint density at radius 2 is 1.89 bits per heavy atom. The third-order valence-electron chi connectivity index (χ3n) is 3.55. The molecule has 3 rings (SSSR count). The van der Waals surface area contributed by atoms with Gasteiger partial charge in [0.1, 0.15) is 13.2 Å². The van der Waals surface area contributed by atoms with Crippen molar-refractivity contribution in [3.05, 3.63) is 23.3 Å². The van der Waals surface area contributed by atoms with Crippen LogP contribution in [0.2, 0.25) is 0 Å². The van der Waals surface area contributed by atoms with Crippen molar-refractivity contribution in [2.45, 2.75) is 33.9 Å². The number of carbonyl (C=O) groups is 1. The van der Waals surface area contributed by atoms with Crippen molar-refractivity contribution in [2.75, 3.05) is 13.2 Å². The Kier molecular flexibility index (Phi) is 2.69. The van der Waals surface area contributed by atoms with Crippen molar-refractivity contribution < 1.29 is 14.3 Å². The number of carbonyl (C=O) groups excluding carboxylic acids is 1. The molecule has 0 N–H and O–H groups in total. The van der Waals surface area contributed by atoms with E-state index in [0.717, 1.165) is 17.1 Å². The lowest BCUT2D eigenvalue weighted by atomic mass is 9.95. The molecule has 4 heteroatoms. The van der Waals surface area contributed by atoms with Crippen LogP contribution < -0.4 is 9.47 Å². The molecule has 0 saturated carbocycles.